The van der Waals surface area contributed by atoms with Gasteiger partial charge in [0.1, 0.15) is 11.9 Å². The highest BCUT2D eigenvalue weighted by molar-refractivity contribution is 6.13. The van der Waals surface area contributed by atoms with E-state index in [0.29, 0.717) is 11.5 Å². The van der Waals surface area contributed by atoms with Crippen molar-refractivity contribution >= 4 is 23.4 Å². The topological polar surface area (TPSA) is 133 Å². The molecule has 21 heavy (non-hydrogen) atoms. The summed E-state index contributed by atoms with van der Waals surface area (Å²) in [5.41, 5.74) is 7.85. The molecule has 0 radical (unpaired) electrons. The maximum Gasteiger partial charge on any atom is 0.252 e. The van der Waals surface area contributed by atoms with Gasteiger partial charge in [0.2, 0.25) is 11.8 Å². The first-order valence-electron chi connectivity index (χ1n) is 5.96. The van der Waals surface area contributed by atoms with E-state index in [1.807, 2.05) is 24.3 Å². The lowest BCUT2D eigenvalue weighted by molar-refractivity contribution is -0.111. The average molecular weight is 279 g/mol. The van der Waals surface area contributed by atoms with Crippen molar-refractivity contribution in [3.8, 4) is 6.07 Å². The second-order valence-corrected chi connectivity index (χ2v) is 4.18. The van der Waals surface area contributed by atoms with Crippen LogP contribution in [0.15, 0.2) is 35.3 Å². The molecule has 0 aliphatic carbocycles. The van der Waals surface area contributed by atoms with Gasteiger partial charge in [-0.1, -0.05) is 24.3 Å². The first kappa shape index (κ1) is 12.6. The molecule has 1 amide bonds. The summed E-state index contributed by atoms with van der Waals surface area (Å²) in [5.74, 6) is -0.0425. The molecule has 1 aliphatic rings. The number of amides is 1. The minimum Gasteiger partial charge on any atom is -0.383 e. The highest BCUT2D eigenvalue weighted by Gasteiger charge is 2.18. The van der Waals surface area contributed by atoms with E-state index in [1.54, 1.807) is 6.07 Å². The fourth-order valence-corrected chi connectivity index (χ4v) is 1.93. The summed E-state index contributed by atoms with van der Waals surface area (Å²) in [6.45, 7) is 0. The predicted molar refractivity (Wildman–Crippen MR) is 74.9 cm³/mol. The third kappa shape index (κ3) is 2.35. The van der Waals surface area contributed by atoms with E-state index in [1.165, 1.54) is 6.08 Å². The van der Waals surface area contributed by atoms with Gasteiger partial charge in [-0.2, -0.15) is 10.2 Å². The molecule has 3 rings (SSSR count). The van der Waals surface area contributed by atoms with Gasteiger partial charge >= 0.3 is 0 Å². The normalized spacial score (nSPS) is 14.4. The summed E-state index contributed by atoms with van der Waals surface area (Å²) in [6.07, 6.45) is 1.31. The molecule has 2 heterocycles. The molecule has 1 aromatic heterocycles. The molecule has 0 unspecified atom stereocenters. The minimum atomic E-state index is -0.457. The Bertz CT molecular complexity index is 825. The summed E-state index contributed by atoms with van der Waals surface area (Å²) >= 11 is 0. The smallest absolute Gasteiger partial charge is 0.252 e. The zero-order valence-corrected chi connectivity index (χ0v) is 10.7. The van der Waals surface area contributed by atoms with Crippen molar-refractivity contribution in [2.24, 2.45) is 10.7 Å². The van der Waals surface area contributed by atoms with Crippen LogP contribution in [0.1, 0.15) is 17.0 Å². The molecule has 0 spiro atoms. The largest absolute Gasteiger partial charge is 0.383 e. The Morgan fingerprint density at radius 3 is 2.86 bits per heavy atom. The van der Waals surface area contributed by atoms with Crippen molar-refractivity contribution in [3.05, 3.63) is 47.3 Å². The summed E-state index contributed by atoms with van der Waals surface area (Å²) in [4.78, 5) is 19.8. The van der Waals surface area contributed by atoms with Gasteiger partial charge in [-0.25, -0.2) is 10.1 Å². The van der Waals surface area contributed by atoms with Crippen LogP contribution >= 0.6 is 0 Å². The molecule has 0 fully saturated rings. The second kappa shape index (κ2) is 4.90. The summed E-state index contributed by atoms with van der Waals surface area (Å²) in [5, 5.41) is 17.1. The maximum atomic E-state index is 11.9. The number of anilines is 1. The van der Waals surface area contributed by atoms with Crippen LogP contribution in [-0.4, -0.2) is 26.9 Å². The highest BCUT2D eigenvalue weighted by atomic mass is 16.1. The van der Waals surface area contributed by atoms with Crippen LogP contribution in [0.4, 0.5) is 5.95 Å². The molecule has 102 valence electrons. The quantitative estimate of drug-likeness (QED) is 0.683. The maximum absolute atomic E-state index is 11.9. The first-order valence-corrected chi connectivity index (χ1v) is 5.96. The van der Waals surface area contributed by atoms with Crippen LogP contribution in [0.3, 0.4) is 0 Å². The molecule has 0 saturated carbocycles. The molecular formula is C13H9N7O. The number of amidine groups is 1. The Hall–Kier alpha value is -3.47. The summed E-state index contributed by atoms with van der Waals surface area (Å²) in [6, 6.07) is 9.13. The van der Waals surface area contributed by atoms with Gasteiger partial charge in [0.05, 0.1) is 5.70 Å². The molecule has 0 bridgehead atoms. The zero-order valence-electron chi connectivity index (χ0n) is 10.7. The number of H-pyrrole nitrogens is 1. The van der Waals surface area contributed by atoms with Crippen molar-refractivity contribution in [3.63, 3.8) is 0 Å². The lowest BCUT2D eigenvalue weighted by Crippen LogP contribution is -2.10. The number of aromatic amines is 1. The summed E-state index contributed by atoms with van der Waals surface area (Å²) < 4.78 is 0. The number of nitrogens with zero attached hydrogens (tertiary/aromatic N) is 4. The van der Waals surface area contributed by atoms with E-state index < -0.39 is 5.91 Å². The second-order valence-electron chi connectivity index (χ2n) is 4.18. The van der Waals surface area contributed by atoms with Crippen molar-refractivity contribution in [1.82, 2.24) is 15.2 Å². The number of carbonyl (C=O) groups is 1. The lowest BCUT2D eigenvalue weighted by Gasteiger charge is -1.99. The van der Waals surface area contributed by atoms with Gasteiger partial charge < -0.3 is 5.73 Å². The van der Waals surface area contributed by atoms with Crippen molar-refractivity contribution in [1.29, 1.82) is 5.26 Å². The molecule has 0 saturated heterocycles. The number of nitrogens with two attached hydrogens (primary N) is 1. The number of fused-ring (bicyclic) bond motifs is 1. The molecular weight excluding hydrogens is 270 g/mol. The van der Waals surface area contributed by atoms with Crippen molar-refractivity contribution < 1.29 is 4.79 Å². The van der Waals surface area contributed by atoms with Crippen molar-refractivity contribution in [2.75, 3.05) is 5.32 Å². The van der Waals surface area contributed by atoms with Crippen molar-refractivity contribution in [2.45, 2.75) is 0 Å². The SMILES string of the molecule is N#Cc1nc(NC(=O)C=C2N=C(N)c3ccccc32)n[nH]1. The van der Waals surface area contributed by atoms with Crippen LogP contribution in [0.2, 0.25) is 0 Å². The number of aromatic nitrogens is 3. The molecule has 1 aliphatic heterocycles. The number of carbonyl (C=O) groups excluding carboxylic acids is 1. The Labute approximate surface area is 119 Å². The summed E-state index contributed by atoms with van der Waals surface area (Å²) in [7, 11) is 0. The number of hydrogen-bond acceptors (Lipinski definition) is 6. The third-order valence-electron chi connectivity index (χ3n) is 2.81. The average Bonchev–Trinajstić information content (AvgIpc) is 3.05. The number of aliphatic imine (C=N–C) groups is 1. The van der Waals surface area contributed by atoms with Crippen LogP contribution < -0.4 is 11.1 Å². The van der Waals surface area contributed by atoms with E-state index in [9.17, 15) is 4.79 Å². The molecule has 4 N–H and O–H groups in total. The first-order chi connectivity index (χ1) is 10.2. The third-order valence-corrected chi connectivity index (χ3v) is 2.81. The minimum absolute atomic E-state index is 0.0198. The van der Waals surface area contributed by atoms with E-state index in [2.05, 4.69) is 25.5 Å². The van der Waals surface area contributed by atoms with Gasteiger partial charge in [-0.15, -0.1) is 5.10 Å². The molecule has 0 atom stereocenters. The number of hydrogen-bond donors (Lipinski definition) is 3. The highest BCUT2D eigenvalue weighted by Crippen LogP contribution is 2.26. The number of nitrogens with one attached hydrogen (secondary N) is 2. The molecule has 1 aromatic carbocycles. The zero-order chi connectivity index (χ0) is 14.8. The lowest BCUT2D eigenvalue weighted by atomic mass is 10.1. The Kier molecular flexibility index (Phi) is 2.93. The molecule has 2 aromatic rings. The van der Waals surface area contributed by atoms with Crippen LogP contribution in [-0.2, 0) is 4.79 Å². The Balaban J connectivity index is 1.83. The van der Waals surface area contributed by atoms with Gasteiger partial charge in [0.15, 0.2) is 0 Å². The van der Waals surface area contributed by atoms with E-state index in [4.69, 9.17) is 11.0 Å². The molecule has 8 nitrogen and oxygen atoms in total. The number of nitriles is 1. The fraction of sp³-hybridized carbons (Fsp3) is 0. The number of benzene rings is 1. The van der Waals surface area contributed by atoms with E-state index in [0.717, 1.165) is 11.1 Å². The Morgan fingerprint density at radius 1 is 1.38 bits per heavy atom. The van der Waals surface area contributed by atoms with Crippen LogP contribution in [0.5, 0.6) is 0 Å². The Morgan fingerprint density at radius 2 is 2.14 bits per heavy atom. The monoisotopic (exact) mass is 279 g/mol. The predicted octanol–water partition coefficient (Wildman–Crippen LogP) is 0.375. The standard InChI is InChI=1S/C13H9N7O/c14-6-10-17-13(20-19-10)18-11(21)5-9-7-3-1-2-4-8(7)12(15)16-9/h1-5H,(H2,15,16)(H2,17,18,19,20,21). The van der Waals surface area contributed by atoms with Gasteiger partial charge in [-0.3, -0.25) is 10.1 Å². The molecule has 8 heteroatoms. The van der Waals surface area contributed by atoms with Crippen LogP contribution in [0, 0.1) is 11.3 Å². The van der Waals surface area contributed by atoms with Crippen LogP contribution in [0.25, 0.3) is 5.70 Å². The van der Waals surface area contributed by atoms with E-state index in [-0.39, 0.29) is 11.8 Å². The van der Waals surface area contributed by atoms with E-state index >= 15 is 0 Å². The van der Waals surface area contributed by atoms with Gasteiger partial charge in [0, 0.05) is 17.2 Å². The van der Waals surface area contributed by atoms with Gasteiger partial charge in [-0.05, 0) is 0 Å². The number of rotatable bonds is 2. The van der Waals surface area contributed by atoms with Gasteiger partial charge in [0.25, 0.3) is 5.91 Å². The fourth-order valence-electron chi connectivity index (χ4n) is 1.93.